The number of hydrogen-bond donors (Lipinski definition) is 0. The van der Waals surface area contributed by atoms with Crippen LogP contribution in [-0.4, -0.2) is 32.1 Å². The summed E-state index contributed by atoms with van der Waals surface area (Å²) in [6, 6.07) is 5.55. The van der Waals surface area contributed by atoms with Crippen LogP contribution in [0.5, 0.6) is 5.75 Å². The first-order valence-corrected chi connectivity index (χ1v) is 9.19. The molecule has 1 aromatic carbocycles. The minimum atomic E-state index is -0.200. The quantitative estimate of drug-likeness (QED) is 0.364. The minimum Gasteiger partial charge on any atom is -0.497 e. The molecule has 1 aromatic rings. The molecule has 0 unspecified atom stereocenters. The monoisotopic (exact) mass is 347 g/mol. The van der Waals surface area contributed by atoms with Gasteiger partial charge in [0.05, 0.1) is 20.1 Å². The summed E-state index contributed by atoms with van der Waals surface area (Å²) in [6.07, 6.45) is 6.74. The summed E-state index contributed by atoms with van der Waals surface area (Å²) in [4.78, 5) is 25.4. The molecule has 2 atom stereocenters. The summed E-state index contributed by atoms with van der Waals surface area (Å²) >= 11 is 0. The molecule has 0 saturated carbocycles. The Hall–Kier alpha value is -2.04. The Morgan fingerprint density at radius 3 is 2.68 bits per heavy atom. The normalized spacial score (nSPS) is 18.8. The molecule has 0 aliphatic carbocycles. The summed E-state index contributed by atoms with van der Waals surface area (Å²) in [5.74, 6) is 0.463. The number of amides is 1. The second-order valence-corrected chi connectivity index (χ2v) is 6.62. The van der Waals surface area contributed by atoms with Gasteiger partial charge in [-0.15, -0.1) is 0 Å². The lowest BCUT2D eigenvalue weighted by atomic mass is 9.92. The van der Waals surface area contributed by atoms with Gasteiger partial charge in [0.15, 0.2) is 0 Å². The zero-order valence-corrected chi connectivity index (χ0v) is 15.5. The molecule has 0 radical (unpaired) electrons. The average Bonchev–Trinajstić information content (AvgIpc) is 2.88. The molecule has 1 amide bonds. The molecule has 0 bridgehead atoms. The van der Waals surface area contributed by atoms with Crippen LogP contribution in [0.2, 0.25) is 0 Å². The maximum Gasteiger partial charge on any atom is 0.306 e. The second-order valence-electron chi connectivity index (χ2n) is 6.62. The topological polar surface area (TPSA) is 55.8 Å². The zero-order valence-electron chi connectivity index (χ0n) is 15.5. The summed E-state index contributed by atoms with van der Waals surface area (Å²) in [5.41, 5.74) is 1.82. The number of unbranched alkanes of at least 4 members (excludes halogenated alkanes) is 4. The Morgan fingerprint density at radius 2 is 2.00 bits per heavy atom. The highest BCUT2D eigenvalue weighted by Gasteiger charge is 2.37. The van der Waals surface area contributed by atoms with Gasteiger partial charge in [-0.2, -0.15) is 0 Å². The van der Waals surface area contributed by atoms with E-state index < -0.39 is 0 Å². The van der Waals surface area contributed by atoms with E-state index in [9.17, 15) is 9.59 Å². The molecule has 0 spiro atoms. The summed E-state index contributed by atoms with van der Waals surface area (Å²) in [5, 5.41) is 0. The van der Waals surface area contributed by atoms with E-state index >= 15 is 0 Å². The lowest BCUT2D eigenvalue weighted by molar-refractivity contribution is -0.144. The molecule has 2 rings (SSSR count). The average molecular weight is 347 g/mol. The van der Waals surface area contributed by atoms with Crippen LogP contribution in [0.15, 0.2) is 18.2 Å². The van der Waals surface area contributed by atoms with Crippen molar-refractivity contribution in [2.45, 2.75) is 64.3 Å². The number of esters is 1. The molecular formula is C20H29NO4. The standard InChI is InChI=1S/C20H29NO4/c1-4-5-6-7-8-11-25-20(23)13-17-15(2)21(14-22)19-10-9-16(24-3)12-18(17)19/h9-10,12,14-15,17H,4-8,11,13H2,1-3H3/t15-,17+/m0/s1. The first kappa shape index (κ1) is 19.3. The summed E-state index contributed by atoms with van der Waals surface area (Å²) < 4.78 is 10.7. The maximum absolute atomic E-state index is 12.2. The van der Waals surface area contributed by atoms with Crippen molar-refractivity contribution in [3.8, 4) is 5.75 Å². The van der Waals surface area contributed by atoms with Crippen LogP contribution in [0.25, 0.3) is 0 Å². The van der Waals surface area contributed by atoms with Crippen LogP contribution in [0.1, 0.15) is 63.9 Å². The molecule has 25 heavy (non-hydrogen) atoms. The molecule has 5 heteroatoms. The molecule has 1 aliphatic heterocycles. The summed E-state index contributed by atoms with van der Waals surface area (Å²) in [6.45, 7) is 4.62. The van der Waals surface area contributed by atoms with Gasteiger partial charge in [-0.3, -0.25) is 9.59 Å². The zero-order chi connectivity index (χ0) is 18.2. The van der Waals surface area contributed by atoms with E-state index in [4.69, 9.17) is 9.47 Å². The lowest BCUT2D eigenvalue weighted by Crippen LogP contribution is -2.31. The van der Waals surface area contributed by atoms with E-state index in [2.05, 4.69) is 6.92 Å². The molecule has 0 aromatic heterocycles. The Morgan fingerprint density at radius 1 is 1.24 bits per heavy atom. The van der Waals surface area contributed by atoms with Crippen LogP contribution in [0.4, 0.5) is 5.69 Å². The second kappa shape index (κ2) is 9.44. The van der Waals surface area contributed by atoms with Crippen LogP contribution in [0.3, 0.4) is 0 Å². The van der Waals surface area contributed by atoms with Gasteiger partial charge >= 0.3 is 5.97 Å². The minimum absolute atomic E-state index is 0.0668. The number of hydrogen-bond acceptors (Lipinski definition) is 4. The fourth-order valence-corrected chi connectivity index (χ4v) is 3.43. The third-order valence-corrected chi connectivity index (χ3v) is 4.94. The van der Waals surface area contributed by atoms with Crippen molar-refractivity contribution in [1.82, 2.24) is 0 Å². The van der Waals surface area contributed by atoms with Gasteiger partial charge in [-0.05, 0) is 37.1 Å². The van der Waals surface area contributed by atoms with Gasteiger partial charge in [-0.25, -0.2) is 0 Å². The largest absolute Gasteiger partial charge is 0.497 e. The molecule has 0 N–H and O–H groups in total. The van der Waals surface area contributed by atoms with Crippen molar-refractivity contribution in [3.05, 3.63) is 23.8 Å². The number of carbonyl (C=O) groups is 2. The van der Waals surface area contributed by atoms with E-state index in [-0.39, 0.29) is 24.3 Å². The van der Waals surface area contributed by atoms with Crippen LogP contribution in [0, 0.1) is 0 Å². The SMILES string of the molecule is CCCCCCCOC(=O)C[C@H]1c2cc(OC)ccc2N(C=O)[C@H]1C. The van der Waals surface area contributed by atoms with Crippen molar-refractivity contribution >= 4 is 18.1 Å². The highest BCUT2D eigenvalue weighted by Crippen LogP contribution is 2.43. The molecule has 5 nitrogen and oxygen atoms in total. The third-order valence-electron chi connectivity index (χ3n) is 4.94. The molecule has 138 valence electrons. The predicted octanol–water partition coefficient (Wildman–Crippen LogP) is 4.05. The van der Waals surface area contributed by atoms with E-state index in [1.54, 1.807) is 12.0 Å². The maximum atomic E-state index is 12.2. The van der Waals surface area contributed by atoms with Crippen molar-refractivity contribution in [2.24, 2.45) is 0 Å². The number of anilines is 1. The van der Waals surface area contributed by atoms with Crippen LogP contribution in [-0.2, 0) is 14.3 Å². The Labute approximate surface area is 150 Å². The van der Waals surface area contributed by atoms with Crippen molar-refractivity contribution < 1.29 is 19.1 Å². The number of nitrogens with zero attached hydrogens (tertiary/aromatic N) is 1. The van der Waals surface area contributed by atoms with Gasteiger partial charge in [0.2, 0.25) is 6.41 Å². The number of carbonyl (C=O) groups excluding carboxylic acids is 2. The van der Waals surface area contributed by atoms with Crippen molar-refractivity contribution in [1.29, 1.82) is 0 Å². The number of fused-ring (bicyclic) bond motifs is 1. The van der Waals surface area contributed by atoms with Crippen molar-refractivity contribution in [2.75, 3.05) is 18.6 Å². The van der Waals surface area contributed by atoms with E-state index in [0.717, 1.165) is 36.3 Å². The molecular weight excluding hydrogens is 318 g/mol. The van der Waals surface area contributed by atoms with Crippen LogP contribution < -0.4 is 9.64 Å². The van der Waals surface area contributed by atoms with Gasteiger partial charge in [-0.1, -0.05) is 32.6 Å². The number of rotatable bonds is 10. The Kier molecular flexibility index (Phi) is 7.29. The first-order chi connectivity index (χ1) is 12.1. The van der Waals surface area contributed by atoms with E-state index in [1.165, 1.54) is 19.3 Å². The fraction of sp³-hybridized carbons (Fsp3) is 0.600. The number of benzene rings is 1. The van der Waals surface area contributed by atoms with Gasteiger partial charge in [0.25, 0.3) is 0 Å². The first-order valence-electron chi connectivity index (χ1n) is 9.19. The highest BCUT2D eigenvalue weighted by molar-refractivity contribution is 5.83. The molecule has 0 fully saturated rings. The Bertz CT molecular complexity index is 587. The predicted molar refractivity (Wildman–Crippen MR) is 98.1 cm³/mol. The number of ether oxygens (including phenoxy) is 2. The Balaban J connectivity index is 1.95. The van der Waals surface area contributed by atoms with Crippen LogP contribution >= 0.6 is 0 Å². The fourth-order valence-electron chi connectivity index (χ4n) is 3.43. The summed E-state index contributed by atoms with van der Waals surface area (Å²) in [7, 11) is 1.61. The van der Waals surface area contributed by atoms with Gasteiger partial charge in [0.1, 0.15) is 5.75 Å². The highest BCUT2D eigenvalue weighted by atomic mass is 16.5. The lowest BCUT2D eigenvalue weighted by Gasteiger charge is -2.20. The van der Waals surface area contributed by atoms with Gasteiger partial charge in [0, 0.05) is 17.6 Å². The van der Waals surface area contributed by atoms with E-state index in [1.807, 2.05) is 25.1 Å². The molecule has 0 saturated heterocycles. The smallest absolute Gasteiger partial charge is 0.306 e. The van der Waals surface area contributed by atoms with E-state index in [0.29, 0.717) is 6.61 Å². The molecule has 1 aliphatic rings. The van der Waals surface area contributed by atoms with Crippen molar-refractivity contribution in [3.63, 3.8) is 0 Å². The van der Waals surface area contributed by atoms with Gasteiger partial charge < -0.3 is 14.4 Å². The number of methoxy groups -OCH3 is 1. The third kappa shape index (κ3) is 4.74. The molecule has 1 heterocycles.